The molecule has 0 aliphatic rings. The number of rotatable bonds is 5. The average Bonchev–Trinajstić information content (AvgIpc) is 2.22. The second kappa shape index (κ2) is 6.22. The molecule has 0 heterocycles. The molecule has 0 N–H and O–H groups in total. The minimum Gasteiger partial charge on any atom is -0.416 e. The summed E-state index contributed by atoms with van der Waals surface area (Å²) in [6.07, 6.45) is 2.66. The van der Waals surface area contributed by atoms with Crippen LogP contribution in [0.3, 0.4) is 0 Å². The van der Waals surface area contributed by atoms with Crippen molar-refractivity contribution < 1.29 is 4.43 Å². The van der Waals surface area contributed by atoms with E-state index >= 15 is 0 Å². The fourth-order valence-corrected chi connectivity index (χ4v) is 2.77. The van der Waals surface area contributed by atoms with E-state index < -0.39 is 9.76 Å². The van der Waals surface area contributed by atoms with Gasteiger partial charge in [-0.15, -0.1) is 0 Å². The van der Waals surface area contributed by atoms with Gasteiger partial charge in [0.2, 0.25) is 0 Å². The van der Waals surface area contributed by atoms with Gasteiger partial charge in [0.1, 0.15) is 0 Å². The Labute approximate surface area is 93.4 Å². The highest BCUT2D eigenvalue weighted by molar-refractivity contribution is 6.47. The second-order valence-corrected chi connectivity index (χ2v) is 5.25. The van der Waals surface area contributed by atoms with E-state index in [-0.39, 0.29) is 0 Å². The van der Waals surface area contributed by atoms with E-state index in [0.717, 1.165) is 17.9 Å². The van der Waals surface area contributed by atoms with Crippen LogP contribution in [0.5, 0.6) is 0 Å². The van der Waals surface area contributed by atoms with Gasteiger partial charge in [-0.25, -0.2) is 0 Å². The van der Waals surface area contributed by atoms with Crippen molar-refractivity contribution in [2.24, 2.45) is 0 Å². The summed E-state index contributed by atoms with van der Waals surface area (Å²) < 4.78 is 5.86. The van der Waals surface area contributed by atoms with Crippen molar-refractivity contribution in [3.05, 3.63) is 29.3 Å². The summed E-state index contributed by atoms with van der Waals surface area (Å²) >= 11 is 5.80. The monoisotopic (exact) mass is 228 g/mol. The van der Waals surface area contributed by atoms with Crippen LogP contribution in [0, 0.1) is 0 Å². The smallest absolute Gasteiger partial charge is 0.192 e. The second-order valence-electron chi connectivity index (χ2n) is 3.38. The molecule has 1 aromatic carbocycles. The van der Waals surface area contributed by atoms with Crippen molar-refractivity contribution in [1.82, 2.24) is 0 Å². The minimum absolute atomic E-state index is 0.442. The molecule has 14 heavy (non-hydrogen) atoms. The lowest BCUT2D eigenvalue weighted by Gasteiger charge is -2.13. The Morgan fingerprint density at radius 2 is 1.79 bits per heavy atom. The van der Waals surface area contributed by atoms with Gasteiger partial charge >= 0.3 is 0 Å². The zero-order chi connectivity index (χ0) is 10.4. The van der Waals surface area contributed by atoms with Crippen molar-refractivity contribution in [1.29, 1.82) is 0 Å². The van der Waals surface area contributed by atoms with Crippen LogP contribution in [0.25, 0.3) is 0 Å². The summed E-state index contributed by atoms with van der Waals surface area (Å²) in [5, 5.41) is 2.12. The van der Waals surface area contributed by atoms with E-state index in [9.17, 15) is 0 Å². The maximum Gasteiger partial charge on any atom is 0.192 e. The van der Waals surface area contributed by atoms with Gasteiger partial charge in [0.15, 0.2) is 9.76 Å². The number of benzene rings is 1. The van der Waals surface area contributed by atoms with Crippen LogP contribution in [0.2, 0.25) is 5.02 Å². The lowest BCUT2D eigenvalue weighted by Crippen LogP contribution is -2.23. The normalized spacial score (nSPS) is 11.7. The van der Waals surface area contributed by atoms with Gasteiger partial charge in [0.05, 0.1) is 0 Å². The van der Waals surface area contributed by atoms with Crippen molar-refractivity contribution in [2.45, 2.75) is 32.8 Å². The number of hydrogen-bond donors (Lipinski definition) is 0. The summed E-state index contributed by atoms with van der Waals surface area (Å²) in [6, 6.07) is 7.99. The molecule has 1 aromatic rings. The van der Waals surface area contributed by atoms with Crippen LogP contribution in [0.15, 0.2) is 24.3 Å². The van der Waals surface area contributed by atoms with E-state index in [1.165, 1.54) is 5.19 Å². The Bertz CT molecular complexity index is 256. The molecule has 1 nitrogen and oxygen atoms in total. The summed E-state index contributed by atoms with van der Waals surface area (Å²) in [7, 11) is -0.555. The van der Waals surface area contributed by atoms with Crippen LogP contribution in [0.1, 0.15) is 26.7 Å². The van der Waals surface area contributed by atoms with Gasteiger partial charge in [-0.1, -0.05) is 37.6 Å². The standard InChI is InChI=1S/C11H17ClOSi/c1-3-10(4-2)13-14-11-7-5-9(12)6-8-11/h5-8,10H,3-4,14H2,1-2H3. The van der Waals surface area contributed by atoms with Crippen LogP contribution in [-0.4, -0.2) is 15.9 Å². The summed E-state index contributed by atoms with van der Waals surface area (Å²) in [4.78, 5) is 0. The van der Waals surface area contributed by atoms with Crippen molar-refractivity contribution in [3.63, 3.8) is 0 Å². The molecule has 0 radical (unpaired) electrons. The van der Waals surface area contributed by atoms with Gasteiger partial charge in [-0.05, 0) is 30.2 Å². The molecule has 0 atom stereocenters. The Morgan fingerprint density at radius 1 is 1.21 bits per heavy atom. The van der Waals surface area contributed by atoms with E-state index in [2.05, 4.69) is 26.0 Å². The zero-order valence-electron chi connectivity index (χ0n) is 8.79. The third kappa shape index (κ3) is 3.82. The molecule has 0 bridgehead atoms. The third-order valence-electron chi connectivity index (χ3n) is 2.31. The van der Waals surface area contributed by atoms with Gasteiger partial charge < -0.3 is 4.43 Å². The van der Waals surface area contributed by atoms with Gasteiger partial charge in [-0.3, -0.25) is 0 Å². The van der Waals surface area contributed by atoms with Crippen LogP contribution < -0.4 is 5.19 Å². The van der Waals surface area contributed by atoms with Crippen LogP contribution >= 0.6 is 11.6 Å². The zero-order valence-corrected chi connectivity index (χ0v) is 11.0. The molecule has 0 aliphatic carbocycles. The fraction of sp³-hybridized carbons (Fsp3) is 0.455. The summed E-state index contributed by atoms with van der Waals surface area (Å²) in [6.45, 7) is 4.34. The maximum absolute atomic E-state index is 5.86. The van der Waals surface area contributed by atoms with Gasteiger partial charge in [-0.2, -0.15) is 0 Å². The first-order chi connectivity index (χ1) is 6.76. The van der Waals surface area contributed by atoms with Gasteiger partial charge in [0, 0.05) is 11.1 Å². The minimum atomic E-state index is -0.555. The van der Waals surface area contributed by atoms with E-state index in [1.54, 1.807) is 0 Å². The molecule has 0 fully saturated rings. The predicted octanol–water partition coefficient (Wildman–Crippen LogP) is 2.25. The first-order valence-electron chi connectivity index (χ1n) is 5.12. The molecule has 0 unspecified atom stereocenters. The molecular weight excluding hydrogens is 212 g/mol. The predicted molar refractivity (Wildman–Crippen MR) is 65.1 cm³/mol. The van der Waals surface area contributed by atoms with Crippen molar-refractivity contribution in [2.75, 3.05) is 0 Å². The van der Waals surface area contributed by atoms with Crippen molar-refractivity contribution in [3.8, 4) is 0 Å². The van der Waals surface area contributed by atoms with E-state index in [4.69, 9.17) is 16.0 Å². The lowest BCUT2D eigenvalue weighted by atomic mass is 10.2. The molecule has 0 amide bonds. The highest BCUT2D eigenvalue weighted by Crippen LogP contribution is 2.04. The third-order valence-corrected chi connectivity index (χ3v) is 4.00. The molecule has 0 saturated carbocycles. The first kappa shape index (κ1) is 11.8. The highest BCUT2D eigenvalue weighted by Gasteiger charge is 2.03. The SMILES string of the molecule is CCC(CC)O[SiH2]c1ccc(Cl)cc1. The molecule has 0 saturated heterocycles. The van der Waals surface area contributed by atoms with Crippen molar-refractivity contribution >= 4 is 26.6 Å². The molecule has 1 rings (SSSR count). The Morgan fingerprint density at radius 3 is 2.29 bits per heavy atom. The van der Waals surface area contributed by atoms with E-state index in [1.807, 2.05) is 12.1 Å². The maximum atomic E-state index is 5.86. The quantitative estimate of drug-likeness (QED) is 0.703. The molecule has 0 aromatic heterocycles. The summed E-state index contributed by atoms with van der Waals surface area (Å²) in [5.74, 6) is 0. The molecule has 0 spiro atoms. The van der Waals surface area contributed by atoms with Crippen LogP contribution in [0.4, 0.5) is 0 Å². The average molecular weight is 229 g/mol. The molecule has 3 heteroatoms. The summed E-state index contributed by atoms with van der Waals surface area (Å²) in [5.41, 5.74) is 0. The first-order valence-corrected chi connectivity index (χ1v) is 6.78. The lowest BCUT2D eigenvalue weighted by molar-refractivity contribution is 0.206. The topological polar surface area (TPSA) is 9.23 Å². The fourth-order valence-electron chi connectivity index (χ4n) is 1.32. The van der Waals surface area contributed by atoms with E-state index in [0.29, 0.717) is 6.10 Å². The van der Waals surface area contributed by atoms with Gasteiger partial charge in [0.25, 0.3) is 0 Å². The molecular formula is C11H17ClOSi. The Hall–Kier alpha value is -0.313. The molecule has 0 aliphatic heterocycles. The number of hydrogen-bond acceptors (Lipinski definition) is 1. The molecule has 78 valence electrons. The Balaban J connectivity index is 2.41. The van der Waals surface area contributed by atoms with Crippen LogP contribution in [-0.2, 0) is 4.43 Å². The number of halogens is 1. The Kier molecular flexibility index (Phi) is 5.23. The highest BCUT2D eigenvalue weighted by atomic mass is 35.5. The largest absolute Gasteiger partial charge is 0.416 e.